The number of carbonyl (C=O) groups excluding carboxylic acids is 1. The van der Waals surface area contributed by atoms with E-state index in [1.54, 1.807) is 18.2 Å². The Kier molecular flexibility index (Phi) is 4.18. The van der Waals surface area contributed by atoms with Gasteiger partial charge in [0.05, 0.1) is 18.1 Å². The molecule has 0 radical (unpaired) electrons. The first-order valence-electron chi connectivity index (χ1n) is 6.11. The second-order valence-corrected chi connectivity index (χ2v) is 4.34. The molecule has 2 aromatic rings. The van der Waals surface area contributed by atoms with Crippen molar-refractivity contribution in [1.29, 1.82) is 0 Å². The third kappa shape index (κ3) is 3.17. The Morgan fingerprint density at radius 1 is 1.10 bits per heavy atom. The van der Waals surface area contributed by atoms with E-state index < -0.39 is 4.92 Å². The van der Waals surface area contributed by atoms with Crippen LogP contribution in [0.15, 0.2) is 36.4 Å². The van der Waals surface area contributed by atoms with Crippen molar-refractivity contribution >= 4 is 12.0 Å². The van der Waals surface area contributed by atoms with E-state index in [-0.39, 0.29) is 11.4 Å². The van der Waals surface area contributed by atoms with E-state index in [4.69, 9.17) is 9.47 Å². The third-order valence-electron chi connectivity index (χ3n) is 2.93. The van der Waals surface area contributed by atoms with Crippen LogP contribution in [-0.2, 0) is 0 Å². The Hall–Kier alpha value is -2.89. The molecule has 0 amide bonds. The van der Waals surface area contributed by atoms with Gasteiger partial charge >= 0.3 is 0 Å². The number of aldehydes is 1. The second-order valence-electron chi connectivity index (χ2n) is 4.34. The van der Waals surface area contributed by atoms with Crippen molar-refractivity contribution in [2.45, 2.75) is 6.92 Å². The molecule has 2 rings (SSSR count). The zero-order valence-corrected chi connectivity index (χ0v) is 11.5. The maximum atomic E-state index is 10.8. The molecule has 0 aliphatic rings. The molecule has 108 valence electrons. The molecular formula is C15H13NO5. The van der Waals surface area contributed by atoms with Gasteiger partial charge in [-0.1, -0.05) is 12.1 Å². The predicted molar refractivity (Wildman–Crippen MR) is 76.3 cm³/mol. The fourth-order valence-corrected chi connectivity index (χ4v) is 1.77. The van der Waals surface area contributed by atoms with Gasteiger partial charge in [-0.25, -0.2) is 0 Å². The first kappa shape index (κ1) is 14.5. The summed E-state index contributed by atoms with van der Waals surface area (Å²) >= 11 is 0. The SMILES string of the molecule is COc1cc([N+](=O)[O-])ccc1Oc1cc(C=O)ccc1C. The monoisotopic (exact) mass is 287 g/mol. The summed E-state index contributed by atoms with van der Waals surface area (Å²) in [5.74, 6) is 1.08. The minimum atomic E-state index is -0.509. The molecular weight excluding hydrogens is 274 g/mol. The quantitative estimate of drug-likeness (QED) is 0.477. The number of nitro groups is 1. The van der Waals surface area contributed by atoms with Crippen molar-refractivity contribution in [3.8, 4) is 17.2 Å². The lowest BCUT2D eigenvalue weighted by atomic mass is 10.1. The molecule has 6 nitrogen and oxygen atoms in total. The van der Waals surface area contributed by atoms with E-state index >= 15 is 0 Å². The van der Waals surface area contributed by atoms with Crippen molar-refractivity contribution in [3.63, 3.8) is 0 Å². The lowest BCUT2D eigenvalue weighted by Gasteiger charge is -2.12. The number of hydrogen-bond acceptors (Lipinski definition) is 5. The van der Waals surface area contributed by atoms with Crippen LogP contribution in [0.3, 0.4) is 0 Å². The van der Waals surface area contributed by atoms with Gasteiger partial charge in [0.2, 0.25) is 0 Å². The summed E-state index contributed by atoms with van der Waals surface area (Å²) in [5, 5.41) is 10.7. The number of nitro benzene ring substituents is 1. The van der Waals surface area contributed by atoms with Crippen molar-refractivity contribution in [2.75, 3.05) is 7.11 Å². The number of nitrogens with zero attached hydrogens (tertiary/aromatic N) is 1. The van der Waals surface area contributed by atoms with Crippen LogP contribution in [0.2, 0.25) is 0 Å². The molecule has 0 spiro atoms. The van der Waals surface area contributed by atoms with Crippen LogP contribution in [0.25, 0.3) is 0 Å². The Labute approximate surface area is 121 Å². The largest absolute Gasteiger partial charge is 0.493 e. The molecule has 0 saturated carbocycles. The fraction of sp³-hybridized carbons (Fsp3) is 0.133. The van der Waals surface area contributed by atoms with E-state index in [9.17, 15) is 14.9 Å². The topological polar surface area (TPSA) is 78.7 Å². The van der Waals surface area contributed by atoms with Crippen LogP contribution in [0.1, 0.15) is 15.9 Å². The van der Waals surface area contributed by atoms with Crippen LogP contribution in [0.5, 0.6) is 17.2 Å². The number of non-ortho nitro benzene ring substituents is 1. The van der Waals surface area contributed by atoms with Gasteiger partial charge < -0.3 is 9.47 Å². The van der Waals surface area contributed by atoms with Gasteiger partial charge in [0.1, 0.15) is 12.0 Å². The number of ether oxygens (including phenoxy) is 2. The standard InChI is InChI=1S/C15H13NO5/c1-10-3-4-11(9-17)7-14(10)21-13-6-5-12(16(18)19)8-15(13)20-2/h3-9H,1-2H3. The Morgan fingerprint density at radius 2 is 1.86 bits per heavy atom. The van der Waals surface area contributed by atoms with Gasteiger partial charge in [0.15, 0.2) is 11.5 Å². The molecule has 0 saturated heterocycles. The summed E-state index contributed by atoms with van der Waals surface area (Å²) < 4.78 is 10.8. The number of methoxy groups -OCH3 is 1. The van der Waals surface area contributed by atoms with Gasteiger partial charge in [0, 0.05) is 11.6 Å². The second kappa shape index (κ2) is 6.04. The highest BCUT2D eigenvalue weighted by Gasteiger charge is 2.14. The zero-order valence-electron chi connectivity index (χ0n) is 11.5. The van der Waals surface area contributed by atoms with Gasteiger partial charge in [-0.15, -0.1) is 0 Å². The van der Waals surface area contributed by atoms with Crippen LogP contribution in [0.4, 0.5) is 5.69 Å². The number of carbonyl (C=O) groups is 1. The third-order valence-corrected chi connectivity index (χ3v) is 2.93. The maximum Gasteiger partial charge on any atom is 0.273 e. The van der Waals surface area contributed by atoms with E-state index in [1.807, 2.05) is 6.92 Å². The minimum absolute atomic E-state index is 0.0856. The molecule has 21 heavy (non-hydrogen) atoms. The van der Waals surface area contributed by atoms with Crippen molar-refractivity contribution in [2.24, 2.45) is 0 Å². The van der Waals surface area contributed by atoms with Gasteiger partial charge in [-0.05, 0) is 24.6 Å². The lowest BCUT2D eigenvalue weighted by molar-refractivity contribution is -0.384. The minimum Gasteiger partial charge on any atom is -0.493 e. The van der Waals surface area contributed by atoms with E-state index in [1.165, 1.54) is 25.3 Å². The van der Waals surface area contributed by atoms with Gasteiger partial charge in [-0.3, -0.25) is 14.9 Å². The molecule has 0 N–H and O–H groups in total. The molecule has 6 heteroatoms. The highest BCUT2D eigenvalue weighted by Crippen LogP contribution is 2.35. The van der Waals surface area contributed by atoms with Crippen molar-refractivity contribution in [3.05, 3.63) is 57.6 Å². The fourth-order valence-electron chi connectivity index (χ4n) is 1.77. The summed E-state index contributed by atoms with van der Waals surface area (Å²) in [6.07, 6.45) is 0.722. The van der Waals surface area contributed by atoms with Crippen molar-refractivity contribution in [1.82, 2.24) is 0 Å². The Morgan fingerprint density at radius 3 is 2.48 bits per heavy atom. The van der Waals surface area contributed by atoms with Gasteiger partial charge in [-0.2, -0.15) is 0 Å². The highest BCUT2D eigenvalue weighted by molar-refractivity contribution is 5.76. The molecule has 0 aliphatic heterocycles. The van der Waals surface area contributed by atoms with E-state index in [0.29, 0.717) is 17.1 Å². The van der Waals surface area contributed by atoms with E-state index in [0.717, 1.165) is 11.8 Å². The maximum absolute atomic E-state index is 10.8. The molecule has 0 heterocycles. The summed E-state index contributed by atoms with van der Waals surface area (Å²) in [6.45, 7) is 1.84. The summed E-state index contributed by atoms with van der Waals surface area (Å²) in [7, 11) is 1.40. The van der Waals surface area contributed by atoms with Crippen molar-refractivity contribution < 1.29 is 19.2 Å². The average Bonchev–Trinajstić information content (AvgIpc) is 2.49. The van der Waals surface area contributed by atoms with Crippen LogP contribution in [-0.4, -0.2) is 18.3 Å². The molecule has 0 unspecified atom stereocenters. The van der Waals surface area contributed by atoms with E-state index in [2.05, 4.69) is 0 Å². The smallest absolute Gasteiger partial charge is 0.273 e. The average molecular weight is 287 g/mol. The first-order valence-corrected chi connectivity index (χ1v) is 6.11. The Balaban J connectivity index is 2.39. The molecule has 0 bridgehead atoms. The number of aryl methyl sites for hydroxylation is 1. The van der Waals surface area contributed by atoms with Crippen LogP contribution >= 0.6 is 0 Å². The first-order chi connectivity index (χ1) is 10.0. The van der Waals surface area contributed by atoms with Gasteiger partial charge in [0.25, 0.3) is 5.69 Å². The lowest BCUT2D eigenvalue weighted by Crippen LogP contribution is -1.95. The zero-order chi connectivity index (χ0) is 15.4. The summed E-state index contributed by atoms with van der Waals surface area (Å²) in [6, 6.07) is 9.12. The number of hydrogen-bond donors (Lipinski definition) is 0. The highest BCUT2D eigenvalue weighted by atomic mass is 16.6. The normalized spacial score (nSPS) is 10.0. The molecule has 0 aromatic heterocycles. The Bertz CT molecular complexity index is 696. The molecule has 2 aromatic carbocycles. The number of rotatable bonds is 5. The molecule has 0 fully saturated rings. The van der Waals surface area contributed by atoms with Crippen LogP contribution < -0.4 is 9.47 Å². The predicted octanol–water partition coefficient (Wildman–Crippen LogP) is 3.52. The molecule has 0 aliphatic carbocycles. The molecule has 0 atom stereocenters. The summed E-state index contributed by atoms with van der Waals surface area (Å²) in [5.41, 5.74) is 1.23. The summed E-state index contributed by atoms with van der Waals surface area (Å²) in [4.78, 5) is 21.0. The number of benzene rings is 2. The van der Waals surface area contributed by atoms with Crippen LogP contribution in [0, 0.1) is 17.0 Å².